The minimum Gasteiger partial charge on any atom is -0.403 e. The highest BCUT2D eigenvalue weighted by atomic mass is 19.4. The van der Waals surface area contributed by atoms with Gasteiger partial charge < -0.3 is 23.5 Å². The number of imidazole rings is 1. The third kappa shape index (κ3) is 5.58. The maximum atomic E-state index is 14.7. The zero-order chi connectivity index (χ0) is 29.6. The SMILES string of the molecule is Cc1noc2ccc(-c3cn(C[C@H](C)N4CCOCC4)c([C@@H]4CCC(=O)N4c4ccc(OC(F)(F)F)c(F)c4)n3)cc12. The van der Waals surface area contributed by atoms with Crippen molar-refractivity contribution in [1.29, 1.82) is 0 Å². The molecule has 2 aliphatic heterocycles. The molecule has 0 radical (unpaired) electrons. The Morgan fingerprint density at radius 1 is 1.14 bits per heavy atom. The van der Waals surface area contributed by atoms with E-state index in [-0.39, 0.29) is 24.1 Å². The number of carbonyl (C=O) groups is 1. The molecule has 0 saturated carbocycles. The van der Waals surface area contributed by atoms with E-state index in [2.05, 4.69) is 21.7 Å². The fourth-order valence-corrected chi connectivity index (χ4v) is 5.72. The number of nitrogens with zero attached hydrogens (tertiary/aromatic N) is 5. The van der Waals surface area contributed by atoms with E-state index in [1.165, 1.54) is 11.0 Å². The summed E-state index contributed by atoms with van der Waals surface area (Å²) in [5, 5.41) is 4.89. The number of aryl methyl sites for hydroxylation is 1. The number of hydrogen-bond acceptors (Lipinski definition) is 7. The number of morpholine rings is 1. The molecule has 2 aliphatic rings. The van der Waals surface area contributed by atoms with Crippen LogP contribution in [0.1, 0.15) is 37.3 Å². The van der Waals surface area contributed by atoms with E-state index < -0.39 is 24.0 Å². The molecule has 42 heavy (non-hydrogen) atoms. The summed E-state index contributed by atoms with van der Waals surface area (Å²) in [7, 11) is 0. The molecule has 222 valence electrons. The van der Waals surface area contributed by atoms with Crippen LogP contribution in [0.5, 0.6) is 5.75 Å². The highest BCUT2D eigenvalue weighted by molar-refractivity contribution is 5.96. The van der Waals surface area contributed by atoms with Gasteiger partial charge in [0.2, 0.25) is 5.91 Å². The number of hydrogen-bond donors (Lipinski definition) is 0. The van der Waals surface area contributed by atoms with Crippen LogP contribution < -0.4 is 9.64 Å². The van der Waals surface area contributed by atoms with Crippen molar-refractivity contribution in [3.63, 3.8) is 0 Å². The lowest BCUT2D eigenvalue weighted by Gasteiger charge is -2.33. The normalized spacial score (nSPS) is 19.1. The van der Waals surface area contributed by atoms with Gasteiger partial charge in [0.1, 0.15) is 5.82 Å². The standard InChI is InChI=1S/C29H29F4N5O4/c1-17(36-9-11-40-12-10-36)15-37-16-23(19-3-6-25-21(13-19)18(2)35-42-25)34-28(37)24-5-8-27(39)38(24)20-4-7-26(22(30)14-20)41-29(31,32)33/h3-4,6-7,13-14,16-17,24H,5,8-12,15H2,1-2H3/t17-,24-/m0/s1. The summed E-state index contributed by atoms with van der Waals surface area (Å²) in [4.78, 5) is 21.8. The summed E-state index contributed by atoms with van der Waals surface area (Å²) < 4.78 is 69.4. The van der Waals surface area contributed by atoms with E-state index in [1.807, 2.05) is 35.9 Å². The second-order valence-electron chi connectivity index (χ2n) is 10.6. The maximum absolute atomic E-state index is 14.7. The van der Waals surface area contributed by atoms with E-state index in [1.54, 1.807) is 0 Å². The van der Waals surface area contributed by atoms with Crippen LogP contribution in [0.2, 0.25) is 0 Å². The average Bonchev–Trinajstić information content (AvgIpc) is 3.66. The molecule has 4 heterocycles. The van der Waals surface area contributed by atoms with E-state index in [0.29, 0.717) is 43.3 Å². The third-order valence-electron chi connectivity index (χ3n) is 7.81. The first-order chi connectivity index (χ1) is 20.1. The molecular weight excluding hydrogens is 558 g/mol. The maximum Gasteiger partial charge on any atom is 0.573 e. The minimum atomic E-state index is -5.04. The quantitative estimate of drug-likeness (QED) is 0.259. The number of rotatable bonds is 7. The van der Waals surface area contributed by atoms with Gasteiger partial charge in [-0.25, -0.2) is 9.37 Å². The first-order valence-corrected chi connectivity index (χ1v) is 13.7. The van der Waals surface area contributed by atoms with Crippen LogP contribution in [-0.4, -0.2) is 64.2 Å². The van der Waals surface area contributed by atoms with Gasteiger partial charge in [0.05, 0.1) is 30.6 Å². The van der Waals surface area contributed by atoms with Crippen molar-refractivity contribution in [3.8, 4) is 17.0 Å². The molecule has 9 nitrogen and oxygen atoms in total. The Hall–Kier alpha value is -3.97. The van der Waals surface area contributed by atoms with Crippen LogP contribution >= 0.6 is 0 Å². The van der Waals surface area contributed by atoms with E-state index in [9.17, 15) is 22.4 Å². The van der Waals surface area contributed by atoms with Gasteiger partial charge >= 0.3 is 6.36 Å². The molecule has 2 fully saturated rings. The molecular formula is C29H29F4N5O4. The molecule has 0 spiro atoms. The topological polar surface area (TPSA) is 85.9 Å². The van der Waals surface area contributed by atoms with Crippen LogP contribution in [0.25, 0.3) is 22.2 Å². The molecule has 0 aliphatic carbocycles. The molecule has 1 amide bonds. The molecule has 2 aromatic heterocycles. The first kappa shape index (κ1) is 28.2. The fraction of sp³-hybridized carbons (Fsp3) is 0.414. The number of fused-ring (bicyclic) bond motifs is 1. The van der Waals surface area contributed by atoms with Gasteiger partial charge in [-0.3, -0.25) is 9.69 Å². The van der Waals surface area contributed by atoms with E-state index in [4.69, 9.17) is 14.2 Å². The predicted molar refractivity (Wildman–Crippen MR) is 144 cm³/mol. The van der Waals surface area contributed by atoms with Gasteiger partial charge in [0.15, 0.2) is 17.1 Å². The molecule has 4 aromatic rings. The molecule has 0 unspecified atom stereocenters. The summed E-state index contributed by atoms with van der Waals surface area (Å²) >= 11 is 0. The van der Waals surface area contributed by atoms with E-state index >= 15 is 0 Å². The van der Waals surface area contributed by atoms with Crippen molar-refractivity contribution in [2.75, 3.05) is 31.2 Å². The van der Waals surface area contributed by atoms with Crippen molar-refractivity contribution >= 4 is 22.6 Å². The number of halogens is 4. The van der Waals surface area contributed by atoms with Crippen LogP contribution in [0.3, 0.4) is 0 Å². The number of alkyl halides is 3. The fourth-order valence-electron chi connectivity index (χ4n) is 5.72. The first-order valence-electron chi connectivity index (χ1n) is 13.7. The van der Waals surface area contributed by atoms with Crippen molar-refractivity contribution in [2.24, 2.45) is 0 Å². The lowest BCUT2D eigenvalue weighted by molar-refractivity contribution is -0.275. The predicted octanol–water partition coefficient (Wildman–Crippen LogP) is 5.63. The Morgan fingerprint density at radius 2 is 1.93 bits per heavy atom. The number of benzene rings is 2. The Morgan fingerprint density at radius 3 is 2.67 bits per heavy atom. The lowest BCUT2D eigenvalue weighted by Crippen LogP contribution is -2.44. The smallest absolute Gasteiger partial charge is 0.403 e. The summed E-state index contributed by atoms with van der Waals surface area (Å²) in [6, 6.07) is 8.28. The third-order valence-corrected chi connectivity index (χ3v) is 7.81. The van der Waals surface area contributed by atoms with Crippen molar-refractivity contribution in [1.82, 2.24) is 19.6 Å². The Labute approximate surface area is 238 Å². The van der Waals surface area contributed by atoms with Gasteiger partial charge in [-0.2, -0.15) is 0 Å². The Balaban J connectivity index is 1.38. The van der Waals surface area contributed by atoms with Crippen molar-refractivity contribution < 1.29 is 36.4 Å². The lowest BCUT2D eigenvalue weighted by atomic mass is 10.1. The average molecular weight is 588 g/mol. The monoisotopic (exact) mass is 587 g/mol. The van der Waals surface area contributed by atoms with Crippen LogP contribution in [0.15, 0.2) is 47.1 Å². The van der Waals surface area contributed by atoms with Crippen molar-refractivity contribution in [2.45, 2.75) is 51.7 Å². The Kier molecular flexibility index (Phi) is 7.39. The molecule has 2 aromatic carbocycles. The number of ether oxygens (including phenoxy) is 2. The highest BCUT2D eigenvalue weighted by Gasteiger charge is 2.38. The van der Waals surface area contributed by atoms with Gasteiger partial charge in [-0.05, 0) is 50.6 Å². The molecule has 2 atom stereocenters. The van der Waals surface area contributed by atoms with Gasteiger partial charge in [-0.15, -0.1) is 13.2 Å². The Bertz CT molecular complexity index is 1610. The number of anilines is 1. The van der Waals surface area contributed by atoms with Gasteiger partial charge in [0.25, 0.3) is 0 Å². The minimum absolute atomic E-state index is 0.124. The number of aromatic nitrogens is 3. The molecule has 6 rings (SSSR count). The zero-order valence-electron chi connectivity index (χ0n) is 23.0. The number of amides is 1. The highest BCUT2D eigenvalue weighted by Crippen LogP contribution is 2.40. The summed E-state index contributed by atoms with van der Waals surface area (Å²) in [6.45, 7) is 7.43. The van der Waals surface area contributed by atoms with Gasteiger partial charge in [0, 0.05) is 61.0 Å². The zero-order valence-corrected chi connectivity index (χ0v) is 23.0. The molecule has 0 N–H and O–H groups in total. The molecule has 13 heteroatoms. The molecule has 0 bridgehead atoms. The van der Waals surface area contributed by atoms with Crippen molar-refractivity contribution in [3.05, 3.63) is 59.9 Å². The number of carbonyl (C=O) groups excluding carboxylic acids is 1. The van der Waals surface area contributed by atoms with Crippen LogP contribution in [-0.2, 0) is 16.1 Å². The summed E-state index contributed by atoms with van der Waals surface area (Å²) in [5.41, 5.74) is 3.06. The second-order valence-corrected chi connectivity index (χ2v) is 10.6. The van der Waals surface area contributed by atoms with Crippen LogP contribution in [0.4, 0.5) is 23.2 Å². The van der Waals surface area contributed by atoms with Crippen LogP contribution in [0, 0.1) is 12.7 Å². The van der Waals surface area contributed by atoms with Gasteiger partial charge in [-0.1, -0.05) is 5.16 Å². The second kappa shape index (κ2) is 11.0. The summed E-state index contributed by atoms with van der Waals surface area (Å²) in [5.74, 6) is -1.85. The molecule has 2 saturated heterocycles. The van der Waals surface area contributed by atoms with E-state index in [0.717, 1.165) is 41.9 Å². The summed E-state index contributed by atoms with van der Waals surface area (Å²) in [6.07, 6.45) is -2.51. The largest absolute Gasteiger partial charge is 0.573 e.